The highest BCUT2D eigenvalue weighted by Gasteiger charge is 2.20. The maximum atomic E-state index is 13.5. The molecule has 0 aliphatic heterocycles. The van der Waals surface area contributed by atoms with Crippen LogP contribution in [0, 0.1) is 5.82 Å². The Bertz CT molecular complexity index is 949. The zero-order valence-electron chi connectivity index (χ0n) is 15.6. The van der Waals surface area contributed by atoms with Gasteiger partial charge in [0.25, 0.3) is 0 Å². The maximum absolute atomic E-state index is 13.5. The number of methoxy groups -OCH3 is 1. The number of hydrogen-bond donors (Lipinski definition) is 1. The fourth-order valence-electron chi connectivity index (χ4n) is 2.91. The highest BCUT2D eigenvalue weighted by molar-refractivity contribution is 7.15. The number of esters is 1. The van der Waals surface area contributed by atoms with E-state index in [2.05, 4.69) is 0 Å². The van der Waals surface area contributed by atoms with Crippen LogP contribution >= 0.6 is 11.3 Å². The van der Waals surface area contributed by atoms with Crippen LogP contribution in [0.25, 0.3) is 10.4 Å². The summed E-state index contributed by atoms with van der Waals surface area (Å²) in [6.07, 6.45) is -0.879. The van der Waals surface area contributed by atoms with Crippen molar-refractivity contribution < 1.29 is 23.8 Å². The van der Waals surface area contributed by atoms with Crippen LogP contribution in [-0.2, 0) is 16.0 Å². The molecule has 0 aliphatic rings. The second-order valence-corrected chi connectivity index (χ2v) is 7.25. The van der Waals surface area contributed by atoms with Gasteiger partial charge in [0.1, 0.15) is 17.7 Å². The highest BCUT2D eigenvalue weighted by Crippen LogP contribution is 2.38. The topological polar surface area (TPSA) is 55.8 Å². The average Bonchev–Trinajstić information content (AvgIpc) is 3.11. The number of hydrogen-bond acceptors (Lipinski definition) is 5. The van der Waals surface area contributed by atoms with E-state index < -0.39 is 11.9 Å². The van der Waals surface area contributed by atoms with E-state index >= 15 is 0 Å². The normalized spacial score (nSPS) is 11.9. The molecular formula is C22H21FO4S. The van der Waals surface area contributed by atoms with Crippen LogP contribution in [0.2, 0.25) is 0 Å². The van der Waals surface area contributed by atoms with Gasteiger partial charge >= 0.3 is 5.97 Å². The first-order chi connectivity index (χ1) is 13.5. The molecule has 1 heterocycles. The summed E-state index contributed by atoms with van der Waals surface area (Å²) in [6, 6.07) is 15.1. The summed E-state index contributed by atoms with van der Waals surface area (Å²) in [6.45, 7) is 2.06. The summed E-state index contributed by atoms with van der Waals surface area (Å²) in [7, 11) is 1.60. The van der Waals surface area contributed by atoms with E-state index in [4.69, 9.17) is 9.47 Å². The first-order valence-corrected chi connectivity index (χ1v) is 9.69. The minimum Gasteiger partial charge on any atom is -0.497 e. The van der Waals surface area contributed by atoms with E-state index in [1.165, 1.54) is 23.5 Å². The Labute approximate surface area is 167 Å². The van der Waals surface area contributed by atoms with Gasteiger partial charge in [0.2, 0.25) is 0 Å². The molecule has 1 N–H and O–H groups in total. The maximum Gasteiger partial charge on any atom is 0.310 e. The lowest BCUT2D eigenvalue weighted by Crippen LogP contribution is -2.07. The molecule has 0 bridgehead atoms. The number of aliphatic hydroxyl groups excluding tert-OH is 1. The molecule has 0 saturated carbocycles. The number of carbonyl (C=O) groups excluding carboxylic acids is 1. The molecular weight excluding hydrogens is 379 g/mol. The smallest absolute Gasteiger partial charge is 0.310 e. The van der Waals surface area contributed by atoms with Crippen molar-refractivity contribution in [2.24, 2.45) is 0 Å². The van der Waals surface area contributed by atoms with Gasteiger partial charge in [-0.25, -0.2) is 4.39 Å². The van der Waals surface area contributed by atoms with Gasteiger partial charge in [-0.05, 0) is 66.1 Å². The third-order valence-electron chi connectivity index (χ3n) is 4.25. The Kier molecular flexibility index (Phi) is 6.44. The predicted molar refractivity (Wildman–Crippen MR) is 107 cm³/mol. The van der Waals surface area contributed by atoms with Gasteiger partial charge in [0, 0.05) is 9.75 Å². The van der Waals surface area contributed by atoms with Crippen LogP contribution in [0.1, 0.15) is 29.0 Å². The summed E-state index contributed by atoms with van der Waals surface area (Å²) in [5.41, 5.74) is 2.13. The zero-order chi connectivity index (χ0) is 20.1. The van der Waals surface area contributed by atoms with Gasteiger partial charge in [-0.2, -0.15) is 0 Å². The SMILES string of the molecule is CCOC(=O)Cc1cc(C(O)c2cccc(F)c2)sc1-c1ccc(OC)cc1. The summed E-state index contributed by atoms with van der Waals surface area (Å²) >= 11 is 1.37. The molecule has 1 unspecified atom stereocenters. The average molecular weight is 400 g/mol. The molecule has 1 atom stereocenters. The van der Waals surface area contributed by atoms with Gasteiger partial charge in [-0.3, -0.25) is 4.79 Å². The molecule has 28 heavy (non-hydrogen) atoms. The van der Waals surface area contributed by atoms with Crippen molar-refractivity contribution in [1.29, 1.82) is 0 Å². The summed E-state index contributed by atoms with van der Waals surface area (Å²) in [5.74, 6) is -0.00986. The molecule has 6 heteroatoms. The van der Waals surface area contributed by atoms with Gasteiger partial charge in [-0.15, -0.1) is 11.3 Å². The largest absolute Gasteiger partial charge is 0.497 e. The molecule has 0 amide bonds. The van der Waals surface area contributed by atoms with E-state index in [0.717, 1.165) is 21.8 Å². The zero-order valence-corrected chi connectivity index (χ0v) is 16.5. The minimum atomic E-state index is -0.978. The second-order valence-electron chi connectivity index (χ2n) is 6.17. The molecule has 0 fully saturated rings. The standard InChI is InChI=1S/C22H21FO4S/c1-3-27-20(24)13-16-12-19(21(25)15-5-4-6-17(23)11-15)28-22(16)14-7-9-18(26-2)10-8-14/h4-12,21,25H,3,13H2,1-2H3. The first kappa shape index (κ1) is 20.0. The van der Waals surface area contributed by atoms with Crippen molar-refractivity contribution in [3.8, 4) is 16.2 Å². The van der Waals surface area contributed by atoms with Crippen LogP contribution < -0.4 is 4.74 Å². The summed E-state index contributed by atoms with van der Waals surface area (Å²) < 4.78 is 23.8. The molecule has 0 spiro atoms. The van der Waals surface area contributed by atoms with E-state index in [0.29, 0.717) is 17.0 Å². The van der Waals surface area contributed by atoms with Crippen LogP contribution in [0.15, 0.2) is 54.6 Å². The molecule has 3 rings (SSSR count). The number of benzene rings is 2. The third kappa shape index (κ3) is 4.58. The Morgan fingerprint density at radius 2 is 1.93 bits per heavy atom. The van der Waals surface area contributed by atoms with Crippen molar-refractivity contribution >= 4 is 17.3 Å². The number of carbonyl (C=O) groups is 1. The lowest BCUT2D eigenvalue weighted by atomic mass is 10.0. The fraction of sp³-hybridized carbons (Fsp3) is 0.227. The monoisotopic (exact) mass is 400 g/mol. The van der Waals surface area contributed by atoms with Crippen LogP contribution in [0.5, 0.6) is 5.75 Å². The molecule has 4 nitrogen and oxygen atoms in total. The molecule has 2 aromatic carbocycles. The van der Waals surface area contributed by atoms with Crippen molar-refractivity contribution in [1.82, 2.24) is 0 Å². The Hall–Kier alpha value is -2.70. The van der Waals surface area contributed by atoms with Crippen LogP contribution in [0.4, 0.5) is 4.39 Å². The minimum absolute atomic E-state index is 0.0988. The van der Waals surface area contributed by atoms with Crippen LogP contribution in [-0.4, -0.2) is 24.8 Å². The number of rotatable bonds is 7. The summed E-state index contributed by atoms with van der Waals surface area (Å²) in [4.78, 5) is 13.5. The number of halogens is 1. The lowest BCUT2D eigenvalue weighted by molar-refractivity contribution is -0.142. The Balaban J connectivity index is 1.99. The summed E-state index contributed by atoms with van der Waals surface area (Å²) in [5, 5.41) is 10.7. The van der Waals surface area contributed by atoms with Crippen molar-refractivity contribution in [3.63, 3.8) is 0 Å². The Morgan fingerprint density at radius 3 is 2.57 bits per heavy atom. The predicted octanol–water partition coefficient (Wildman–Crippen LogP) is 4.75. The molecule has 3 aromatic rings. The van der Waals surface area contributed by atoms with Crippen molar-refractivity contribution in [2.45, 2.75) is 19.4 Å². The number of aliphatic hydroxyl groups is 1. The Morgan fingerprint density at radius 1 is 1.18 bits per heavy atom. The highest BCUT2D eigenvalue weighted by atomic mass is 32.1. The van der Waals surface area contributed by atoms with Crippen molar-refractivity contribution in [3.05, 3.63) is 76.4 Å². The van der Waals surface area contributed by atoms with E-state index in [9.17, 15) is 14.3 Å². The van der Waals surface area contributed by atoms with E-state index in [1.54, 1.807) is 32.2 Å². The van der Waals surface area contributed by atoms with Gasteiger partial charge in [0.05, 0.1) is 20.1 Å². The fourth-order valence-corrected chi connectivity index (χ4v) is 4.11. The second kappa shape index (κ2) is 8.99. The van der Waals surface area contributed by atoms with E-state index in [1.807, 2.05) is 24.3 Å². The number of ether oxygens (including phenoxy) is 2. The molecule has 0 aliphatic carbocycles. The third-order valence-corrected chi connectivity index (χ3v) is 5.53. The molecule has 0 saturated heterocycles. The van der Waals surface area contributed by atoms with E-state index in [-0.39, 0.29) is 12.4 Å². The van der Waals surface area contributed by atoms with Gasteiger partial charge in [0.15, 0.2) is 0 Å². The molecule has 0 radical (unpaired) electrons. The van der Waals surface area contributed by atoms with Gasteiger partial charge < -0.3 is 14.6 Å². The van der Waals surface area contributed by atoms with Crippen molar-refractivity contribution in [2.75, 3.05) is 13.7 Å². The number of thiophene rings is 1. The first-order valence-electron chi connectivity index (χ1n) is 8.88. The molecule has 146 valence electrons. The quantitative estimate of drug-likeness (QED) is 0.582. The van der Waals surface area contributed by atoms with Gasteiger partial charge in [-0.1, -0.05) is 12.1 Å². The molecule has 1 aromatic heterocycles. The lowest BCUT2D eigenvalue weighted by Gasteiger charge is -2.08. The van der Waals surface area contributed by atoms with Crippen LogP contribution in [0.3, 0.4) is 0 Å².